The molecule has 0 N–H and O–H groups in total. The first-order valence-electron chi connectivity index (χ1n) is 5.73. The van der Waals surface area contributed by atoms with Crippen molar-refractivity contribution < 1.29 is 35.9 Å². The van der Waals surface area contributed by atoms with E-state index in [1.807, 2.05) is 0 Å². The molecule has 0 saturated carbocycles. The first kappa shape index (κ1) is 18.0. The van der Waals surface area contributed by atoms with E-state index in [0.717, 1.165) is 0 Å². The van der Waals surface area contributed by atoms with Gasteiger partial charge in [0.2, 0.25) is 0 Å². The molecule has 2 nitrogen and oxygen atoms in total. The van der Waals surface area contributed by atoms with Crippen LogP contribution in [0.5, 0.6) is 0 Å². The van der Waals surface area contributed by atoms with Gasteiger partial charge in [-0.25, -0.2) is 0 Å². The second-order valence-corrected chi connectivity index (χ2v) is 4.53. The van der Waals surface area contributed by atoms with Crippen LogP contribution >= 0.6 is 0 Å². The van der Waals surface area contributed by atoms with E-state index in [1.165, 1.54) is 13.8 Å². The fraction of sp³-hybridized carbons (Fsp3) is 0.909. The van der Waals surface area contributed by atoms with Crippen LogP contribution in [0.3, 0.4) is 0 Å². The normalized spacial score (nSPS) is 16.3. The zero-order chi connectivity index (χ0) is 15.5. The lowest BCUT2D eigenvalue weighted by molar-refractivity contribution is -0.315. The summed E-state index contributed by atoms with van der Waals surface area (Å²) in [6, 6.07) is 0. The van der Waals surface area contributed by atoms with Gasteiger partial charge in [0.1, 0.15) is 0 Å². The van der Waals surface area contributed by atoms with Gasteiger partial charge in [0.25, 0.3) is 6.10 Å². The standard InChI is InChI=1S/C11H16F6O2/c1-4-6-9(3,5-2)8(18)19-7(10(12,13)14)11(15,16)17/h7H,4-6H2,1-3H3. The van der Waals surface area contributed by atoms with E-state index in [9.17, 15) is 31.1 Å². The third-order valence-corrected chi connectivity index (χ3v) is 2.89. The quantitative estimate of drug-likeness (QED) is 0.560. The Labute approximate surface area is 107 Å². The molecule has 0 aromatic rings. The molecule has 114 valence electrons. The molecule has 8 heteroatoms. The summed E-state index contributed by atoms with van der Waals surface area (Å²) in [4.78, 5) is 11.6. The SMILES string of the molecule is CCCC(C)(CC)C(=O)OC(C(F)(F)F)C(F)(F)F. The summed E-state index contributed by atoms with van der Waals surface area (Å²) >= 11 is 0. The van der Waals surface area contributed by atoms with Gasteiger partial charge in [0.05, 0.1) is 5.41 Å². The van der Waals surface area contributed by atoms with Gasteiger partial charge in [0, 0.05) is 0 Å². The lowest BCUT2D eigenvalue weighted by atomic mass is 9.83. The summed E-state index contributed by atoms with van der Waals surface area (Å²) in [5.74, 6) is -1.48. The zero-order valence-corrected chi connectivity index (χ0v) is 10.8. The van der Waals surface area contributed by atoms with E-state index in [4.69, 9.17) is 0 Å². The number of rotatable bonds is 5. The van der Waals surface area contributed by atoms with E-state index in [-0.39, 0.29) is 12.8 Å². The van der Waals surface area contributed by atoms with Gasteiger partial charge in [-0.15, -0.1) is 0 Å². The van der Waals surface area contributed by atoms with Crippen molar-refractivity contribution in [3.63, 3.8) is 0 Å². The van der Waals surface area contributed by atoms with Crippen molar-refractivity contribution in [2.75, 3.05) is 0 Å². The maximum absolute atomic E-state index is 12.3. The molecule has 0 aliphatic carbocycles. The molecule has 0 spiro atoms. The number of halogens is 6. The molecule has 19 heavy (non-hydrogen) atoms. The molecule has 0 radical (unpaired) electrons. The summed E-state index contributed by atoms with van der Waals surface area (Å²) in [5.41, 5.74) is -1.34. The van der Waals surface area contributed by atoms with Gasteiger partial charge in [-0.1, -0.05) is 20.3 Å². The van der Waals surface area contributed by atoms with Crippen LogP contribution in [0.2, 0.25) is 0 Å². The fourth-order valence-corrected chi connectivity index (χ4v) is 1.54. The van der Waals surface area contributed by atoms with E-state index in [0.29, 0.717) is 6.42 Å². The molecule has 1 unspecified atom stereocenters. The molecule has 0 aromatic heterocycles. The van der Waals surface area contributed by atoms with Crippen molar-refractivity contribution in [3.05, 3.63) is 0 Å². The average molecular weight is 294 g/mol. The molecule has 0 rings (SSSR count). The van der Waals surface area contributed by atoms with E-state index >= 15 is 0 Å². The Morgan fingerprint density at radius 3 is 1.74 bits per heavy atom. The van der Waals surface area contributed by atoms with Crippen LogP contribution in [0, 0.1) is 5.41 Å². The minimum Gasteiger partial charge on any atom is -0.442 e. The summed E-state index contributed by atoms with van der Waals surface area (Å²) in [6.07, 6.45) is -14.7. The summed E-state index contributed by atoms with van der Waals surface area (Å²) in [7, 11) is 0. The Bertz CT molecular complexity index is 295. The average Bonchev–Trinajstić information content (AvgIpc) is 2.22. The molecule has 0 amide bonds. The highest BCUT2D eigenvalue weighted by atomic mass is 19.4. The van der Waals surface area contributed by atoms with Crippen LogP contribution in [0.15, 0.2) is 0 Å². The largest absolute Gasteiger partial charge is 0.442 e. The monoisotopic (exact) mass is 294 g/mol. The number of carbonyl (C=O) groups excluding carboxylic acids is 1. The lowest BCUT2D eigenvalue weighted by Gasteiger charge is -2.30. The van der Waals surface area contributed by atoms with Gasteiger partial charge < -0.3 is 4.74 Å². The topological polar surface area (TPSA) is 26.3 Å². The van der Waals surface area contributed by atoms with Crippen LogP contribution in [0.1, 0.15) is 40.0 Å². The predicted octanol–water partition coefficient (Wildman–Crippen LogP) is 4.24. The minimum atomic E-state index is -5.67. The second-order valence-electron chi connectivity index (χ2n) is 4.53. The van der Waals surface area contributed by atoms with Crippen molar-refractivity contribution in [2.45, 2.75) is 58.5 Å². The highest BCUT2D eigenvalue weighted by Crippen LogP contribution is 2.38. The van der Waals surface area contributed by atoms with Crippen LogP contribution in [0.25, 0.3) is 0 Å². The number of carbonyl (C=O) groups is 1. The van der Waals surface area contributed by atoms with E-state index < -0.39 is 29.8 Å². The summed E-state index contributed by atoms with van der Waals surface area (Å²) in [5, 5.41) is 0. The molecule has 0 aliphatic rings. The van der Waals surface area contributed by atoms with Crippen molar-refractivity contribution in [1.29, 1.82) is 0 Å². The maximum atomic E-state index is 12.3. The van der Waals surface area contributed by atoms with Crippen LogP contribution in [0.4, 0.5) is 26.3 Å². The Morgan fingerprint density at radius 1 is 1.05 bits per heavy atom. The van der Waals surface area contributed by atoms with Gasteiger partial charge in [-0.05, 0) is 19.8 Å². The molecular formula is C11H16F6O2. The van der Waals surface area contributed by atoms with Crippen molar-refractivity contribution >= 4 is 5.97 Å². The van der Waals surface area contributed by atoms with Gasteiger partial charge in [-0.3, -0.25) is 4.79 Å². The van der Waals surface area contributed by atoms with Crippen LogP contribution in [-0.4, -0.2) is 24.4 Å². The van der Waals surface area contributed by atoms with Crippen molar-refractivity contribution in [2.24, 2.45) is 5.41 Å². The highest BCUT2D eigenvalue weighted by molar-refractivity contribution is 5.76. The lowest BCUT2D eigenvalue weighted by Crippen LogP contribution is -2.47. The van der Waals surface area contributed by atoms with Crippen LogP contribution < -0.4 is 0 Å². The highest BCUT2D eigenvalue weighted by Gasteiger charge is 2.60. The summed E-state index contributed by atoms with van der Waals surface area (Å²) < 4.78 is 77.2. The third-order valence-electron chi connectivity index (χ3n) is 2.89. The molecule has 0 aromatic carbocycles. The third kappa shape index (κ3) is 4.91. The fourth-order valence-electron chi connectivity index (χ4n) is 1.54. The first-order chi connectivity index (χ1) is 8.38. The van der Waals surface area contributed by atoms with Gasteiger partial charge in [-0.2, -0.15) is 26.3 Å². The molecule has 0 heterocycles. The molecule has 0 aliphatic heterocycles. The number of hydrogen-bond acceptors (Lipinski definition) is 2. The minimum absolute atomic E-state index is 0.0993. The number of hydrogen-bond donors (Lipinski definition) is 0. The maximum Gasteiger partial charge on any atom is 0.434 e. The Hall–Kier alpha value is -0.950. The summed E-state index contributed by atoms with van der Waals surface area (Å²) in [6.45, 7) is 4.47. The smallest absolute Gasteiger partial charge is 0.434 e. The molecule has 0 saturated heterocycles. The van der Waals surface area contributed by atoms with Crippen molar-refractivity contribution in [1.82, 2.24) is 0 Å². The number of ether oxygens (including phenoxy) is 1. The first-order valence-corrected chi connectivity index (χ1v) is 5.73. The predicted molar refractivity (Wildman–Crippen MR) is 55.3 cm³/mol. The molecular weight excluding hydrogens is 278 g/mol. The van der Waals surface area contributed by atoms with Crippen LogP contribution in [-0.2, 0) is 9.53 Å². The molecule has 0 fully saturated rings. The molecule has 0 bridgehead atoms. The van der Waals surface area contributed by atoms with E-state index in [1.54, 1.807) is 6.92 Å². The van der Waals surface area contributed by atoms with Gasteiger partial charge >= 0.3 is 18.3 Å². The van der Waals surface area contributed by atoms with Gasteiger partial charge in [0.15, 0.2) is 0 Å². The zero-order valence-electron chi connectivity index (χ0n) is 10.8. The Balaban J connectivity index is 5.12. The van der Waals surface area contributed by atoms with Crippen molar-refractivity contribution in [3.8, 4) is 0 Å². The second kappa shape index (κ2) is 6.00. The molecule has 1 atom stereocenters. The Morgan fingerprint density at radius 2 is 1.47 bits per heavy atom. The van der Waals surface area contributed by atoms with E-state index in [2.05, 4.69) is 4.74 Å². The Kier molecular flexibility index (Phi) is 5.70. The number of alkyl halides is 6. The number of esters is 1.